The molecular weight excluding hydrogens is 288 g/mol. The zero-order valence-corrected chi connectivity index (χ0v) is 10.8. The van der Waals surface area contributed by atoms with E-state index in [2.05, 4.69) is 48.9 Å². The first kappa shape index (κ1) is 9.92. The third-order valence-electron chi connectivity index (χ3n) is 2.25. The predicted octanol–water partition coefficient (Wildman–Crippen LogP) is 3.15. The summed E-state index contributed by atoms with van der Waals surface area (Å²) in [6.45, 7) is 2.06. The molecular formula is C10H7BrN4S. The molecule has 0 aliphatic carbocycles. The second kappa shape index (κ2) is 3.64. The molecule has 0 atom stereocenters. The lowest BCUT2D eigenvalue weighted by Gasteiger charge is -1.86. The second-order valence-corrected chi connectivity index (χ2v) is 5.78. The predicted molar refractivity (Wildman–Crippen MR) is 67.4 cm³/mol. The first-order valence-electron chi connectivity index (χ1n) is 4.66. The van der Waals surface area contributed by atoms with E-state index >= 15 is 0 Å². The highest BCUT2D eigenvalue weighted by atomic mass is 79.9. The number of rotatable bonds is 1. The lowest BCUT2D eigenvalue weighted by Crippen LogP contribution is -1.76. The number of halogens is 1. The van der Waals surface area contributed by atoms with Crippen LogP contribution in [-0.2, 0) is 0 Å². The molecule has 0 fully saturated rings. The molecule has 0 aromatic carbocycles. The van der Waals surface area contributed by atoms with Gasteiger partial charge in [-0.2, -0.15) is 0 Å². The number of thiophene rings is 1. The van der Waals surface area contributed by atoms with E-state index in [0.29, 0.717) is 5.65 Å². The van der Waals surface area contributed by atoms with Crippen molar-refractivity contribution in [1.29, 1.82) is 0 Å². The number of nitrogens with zero attached hydrogens (tertiary/aromatic N) is 3. The van der Waals surface area contributed by atoms with Gasteiger partial charge in [0.15, 0.2) is 11.5 Å². The van der Waals surface area contributed by atoms with E-state index < -0.39 is 0 Å². The van der Waals surface area contributed by atoms with E-state index in [1.165, 1.54) is 11.9 Å². The quantitative estimate of drug-likeness (QED) is 0.750. The summed E-state index contributed by atoms with van der Waals surface area (Å²) in [4.78, 5) is 16.8. The molecule has 1 N–H and O–H groups in total. The number of fused-ring (bicyclic) bond motifs is 1. The van der Waals surface area contributed by atoms with Crippen molar-refractivity contribution >= 4 is 38.4 Å². The summed E-state index contributed by atoms with van der Waals surface area (Å²) in [5.74, 6) is 0.842. The number of nitrogens with one attached hydrogen (secondary N) is 1. The molecule has 3 heterocycles. The van der Waals surface area contributed by atoms with Gasteiger partial charge in [-0.25, -0.2) is 15.0 Å². The van der Waals surface area contributed by atoms with E-state index in [1.54, 1.807) is 17.5 Å². The molecule has 6 heteroatoms. The summed E-state index contributed by atoms with van der Waals surface area (Å²) >= 11 is 5.16. The average molecular weight is 295 g/mol. The Balaban J connectivity index is 2.18. The Morgan fingerprint density at radius 1 is 1.44 bits per heavy atom. The van der Waals surface area contributed by atoms with Gasteiger partial charge >= 0.3 is 0 Å². The molecule has 0 aliphatic rings. The van der Waals surface area contributed by atoms with E-state index in [9.17, 15) is 0 Å². The Morgan fingerprint density at radius 2 is 2.31 bits per heavy atom. The molecule has 16 heavy (non-hydrogen) atoms. The maximum absolute atomic E-state index is 4.42. The Morgan fingerprint density at radius 3 is 3.00 bits per heavy atom. The minimum absolute atomic E-state index is 0.701. The maximum Gasteiger partial charge on any atom is 0.181 e. The zero-order chi connectivity index (χ0) is 11.1. The SMILES string of the molecule is Cc1cc(-c2nc3ncncc3[nH]2)sc1Br. The molecule has 0 spiro atoms. The summed E-state index contributed by atoms with van der Waals surface area (Å²) in [6.07, 6.45) is 3.23. The van der Waals surface area contributed by atoms with Gasteiger partial charge in [0, 0.05) is 0 Å². The fraction of sp³-hybridized carbons (Fsp3) is 0.100. The maximum atomic E-state index is 4.42. The summed E-state index contributed by atoms with van der Waals surface area (Å²) in [5.41, 5.74) is 2.78. The van der Waals surface area contributed by atoms with Crippen LogP contribution in [0.2, 0.25) is 0 Å². The number of imidazole rings is 1. The molecule has 0 bridgehead atoms. The van der Waals surface area contributed by atoms with Crippen LogP contribution in [0.4, 0.5) is 0 Å². The van der Waals surface area contributed by atoms with Crippen molar-refractivity contribution < 1.29 is 0 Å². The Bertz CT molecular complexity index is 605. The van der Waals surface area contributed by atoms with Crippen molar-refractivity contribution in [3.8, 4) is 10.7 Å². The van der Waals surface area contributed by atoms with Gasteiger partial charge in [-0.05, 0) is 34.5 Å². The highest BCUT2D eigenvalue weighted by molar-refractivity contribution is 9.11. The summed E-state index contributed by atoms with van der Waals surface area (Å²) in [5, 5.41) is 0. The molecule has 0 saturated heterocycles. The number of aromatic amines is 1. The van der Waals surface area contributed by atoms with Crippen molar-refractivity contribution in [3.63, 3.8) is 0 Å². The van der Waals surface area contributed by atoms with Crippen molar-refractivity contribution in [2.75, 3.05) is 0 Å². The van der Waals surface area contributed by atoms with Gasteiger partial charge < -0.3 is 4.98 Å². The molecule has 3 rings (SSSR count). The second-order valence-electron chi connectivity index (χ2n) is 3.41. The largest absolute Gasteiger partial charge is 0.335 e. The van der Waals surface area contributed by atoms with Crippen LogP contribution in [0.3, 0.4) is 0 Å². The lowest BCUT2D eigenvalue weighted by molar-refractivity contribution is 1.20. The standard InChI is InChI=1S/C10H7BrN4S/c1-5-2-7(16-8(5)11)10-14-6-3-12-4-13-9(6)15-10/h2-4H,1H3,(H,12,13,14,15). The summed E-state index contributed by atoms with van der Waals surface area (Å²) in [6, 6.07) is 2.10. The first-order valence-corrected chi connectivity index (χ1v) is 6.27. The van der Waals surface area contributed by atoms with Crippen LogP contribution in [0.1, 0.15) is 5.56 Å². The summed E-state index contributed by atoms with van der Waals surface area (Å²) in [7, 11) is 0. The number of aromatic nitrogens is 4. The van der Waals surface area contributed by atoms with E-state index in [-0.39, 0.29) is 0 Å². The van der Waals surface area contributed by atoms with E-state index in [1.807, 2.05) is 0 Å². The average Bonchev–Trinajstić information content (AvgIpc) is 2.83. The smallest absolute Gasteiger partial charge is 0.181 e. The fourth-order valence-corrected chi connectivity index (χ4v) is 2.93. The number of hydrogen-bond acceptors (Lipinski definition) is 4. The fourth-order valence-electron chi connectivity index (χ4n) is 1.46. The lowest BCUT2D eigenvalue weighted by atomic mass is 10.3. The van der Waals surface area contributed by atoms with Crippen LogP contribution in [0, 0.1) is 6.92 Å². The topological polar surface area (TPSA) is 54.5 Å². The van der Waals surface area contributed by atoms with Gasteiger partial charge in [0.05, 0.1) is 14.9 Å². The van der Waals surface area contributed by atoms with Crippen LogP contribution >= 0.6 is 27.3 Å². The highest BCUT2D eigenvalue weighted by Crippen LogP contribution is 2.33. The van der Waals surface area contributed by atoms with Gasteiger partial charge in [0.1, 0.15) is 11.8 Å². The monoisotopic (exact) mass is 294 g/mol. The molecule has 0 aliphatic heterocycles. The highest BCUT2D eigenvalue weighted by Gasteiger charge is 2.10. The minimum Gasteiger partial charge on any atom is -0.335 e. The number of hydrogen-bond donors (Lipinski definition) is 1. The number of H-pyrrole nitrogens is 1. The first-order chi connectivity index (χ1) is 7.74. The molecule has 0 unspecified atom stereocenters. The van der Waals surface area contributed by atoms with Crippen LogP contribution in [0.25, 0.3) is 21.9 Å². The molecule has 80 valence electrons. The molecule has 3 aromatic heterocycles. The summed E-state index contributed by atoms with van der Waals surface area (Å²) < 4.78 is 1.13. The Labute approximate surface area is 104 Å². The van der Waals surface area contributed by atoms with Crippen LogP contribution < -0.4 is 0 Å². The van der Waals surface area contributed by atoms with E-state index in [4.69, 9.17) is 0 Å². The van der Waals surface area contributed by atoms with Crippen LogP contribution in [-0.4, -0.2) is 19.9 Å². The van der Waals surface area contributed by atoms with Crippen molar-refractivity contribution in [2.24, 2.45) is 0 Å². The van der Waals surface area contributed by atoms with E-state index in [0.717, 1.165) is 20.0 Å². The molecule has 3 aromatic rings. The Hall–Kier alpha value is -1.27. The van der Waals surface area contributed by atoms with Gasteiger partial charge in [0.2, 0.25) is 0 Å². The number of aryl methyl sites for hydroxylation is 1. The van der Waals surface area contributed by atoms with Crippen LogP contribution in [0.5, 0.6) is 0 Å². The van der Waals surface area contributed by atoms with Gasteiger partial charge in [-0.1, -0.05) is 0 Å². The third kappa shape index (κ3) is 1.54. The Kier molecular flexibility index (Phi) is 2.26. The normalized spacial score (nSPS) is 11.1. The van der Waals surface area contributed by atoms with Crippen molar-refractivity contribution in [3.05, 3.63) is 27.9 Å². The zero-order valence-electron chi connectivity index (χ0n) is 8.36. The van der Waals surface area contributed by atoms with Crippen molar-refractivity contribution in [1.82, 2.24) is 19.9 Å². The molecule has 0 radical (unpaired) electrons. The van der Waals surface area contributed by atoms with Gasteiger partial charge in [-0.15, -0.1) is 11.3 Å². The van der Waals surface area contributed by atoms with Gasteiger partial charge in [0.25, 0.3) is 0 Å². The molecule has 4 nitrogen and oxygen atoms in total. The van der Waals surface area contributed by atoms with Crippen LogP contribution in [0.15, 0.2) is 22.4 Å². The molecule has 0 saturated carbocycles. The molecule has 0 amide bonds. The van der Waals surface area contributed by atoms with Crippen molar-refractivity contribution in [2.45, 2.75) is 6.92 Å². The minimum atomic E-state index is 0.701. The van der Waals surface area contributed by atoms with Gasteiger partial charge in [-0.3, -0.25) is 0 Å². The third-order valence-corrected chi connectivity index (χ3v) is 4.40.